The lowest BCUT2D eigenvalue weighted by Crippen LogP contribution is -2.37. The fraction of sp³-hybridized carbons (Fsp3) is 0.174. The van der Waals surface area contributed by atoms with E-state index in [2.05, 4.69) is 5.32 Å². The first-order valence-electron chi connectivity index (χ1n) is 9.03. The number of hydrogen-bond acceptors (Lipinski definition) is 3. The molecule has 5 heteroatoms. The molecule has 28 heavy (non-hydrogen) atoms. The standard InChI is InChI=1S/C23H23FN2O2/c1-26(20-6-4-3-5-7-20)22(27)16-25-23(17-8-12-19(24)13-9-17)18-10-14-21(28-2)15-11-18/h3-15,23,25H,16H2,1-2H3. The zero-order valence-corrected chi connectivity index (χ0v) is 15.9. The largest absolute Gasteiger partial charge is 0.497 e. The van der Waals surface area contributed by atoms with Crippen LogP contribution in [0.15, 0.2) is 78.9 Å². The molecule has 0 saturated heterocycles. The molecule has 4 nitrogen and oxygen atoms in total. The van der Waals surface area contributed by atoms with Crippen LogP contribution in [0, 0.1) is 5.82 Å². The number of nitrogens with one attached hydrogen (secondary N) is 1. The number of ether oxygens (including phenoxy) is 1. The topological polar surface area (TPSA) is 41.6 Å². The smallest absolute Gasteiger partial charge is 0.240 e. The number of methoxy groups -OCH3 is 1. The van der Waals surface area contributed by atoms with E-state index in [4.69, 9.17) is 4.74 Å². The van der Waals surface area contributed by atoms with Crippen molar-refractivity contribution in [2.24, 2.45) is 0 Å². The van der Waals surface area contributed by atoms with Crippen molar-refractivity contribution in [1.29, 1.82) is 0 Å². The average molecular weight is 378 g/mol. The maximum absolute atomic E-state index is 13.4. The van der Waals surface area contributed by atoms with Crippen LogP contribution in [-0.4, -0.2) is 26.6 Å². The van der Waals surface area contributed by atoms with Gasteiger partial charge in [-0.25, -0.2) is 4.39 Å². The molecule has 0 aliphatic heterocycles. The highest BCUT2D eigenvalue weighted by Crippen LogP contribution is 2.24. The van der Waals surface area contributed by atoms with Gasteiger partial charge in [0.05, 0.1) is 19.7 Å². The Kier molecular flexibility index (Phi) is 6.40. The summed E-state index contributed by atoms with van der Waals surface area (Å²) in [6.45, 7) is 0.138. The maximum Gasteiger partial charge on any atom is 0.240 e. The number of hydrogen-bond donors (Lipinski definition) is 1. The van der Waals surface area contributed by atoms with Gasteiger partial charge in [-0.2, -0.15) is 0 Å². The molecule has 0 aliphatic rings. The first-order chi connectivity index (χ1) is 13.6. The molecule has 0 aliphatic carbocycles. The molecule has 1 unspecified atom stereocenters. The highest BCUT2D eigenvalue weighted by molar-refractivity contribution is 5.94. The van der Waals surface area contributed by atoms with Gasteiger partial charge < -0.3 is 9.64 Å². The Morgan fingerprint density at radius 1 is 0.964 bits per heavy atom. The number of nitrogens with zero attached hydrogens (tertiary/aromatic N) is 1. The summed E-state index contributed by atoms with van der Waals surface area (Å²) < 4.78 is 18.6. The number of anilines is 1. The SMILES string of the molecule is COc1ccc(C(NCC(=O)N(C)c2ccccc2)c2ccc(F)cc2)cc1. The van der Waals surface area contributed by atoms with Crippen molar-refractivity contribution in [1.82, 2.24) is 5.32 Å². The van der Waals surface area contributed by atoms with E-state index in [0.29, 0.717) is 0 Å². The van der Waals surface area contributed by atoms with Crippen molar-refractivity contribution in [2.75, 3.05) is 25.6 Å². The number of benzene rings is 3. The van der Waals surface area contributed by atoms with Crippen LogP contribution in [0.2, 0.25) is 0 Å². The quantitative estimate of drug-likeness (QED) is 0.671. The number of para-hydroxylation sites is 1. The predicted molar refractivity (Wildman–Crippen MR) is 109 cm³/mol. The minimum absolute atomic E-state index is 0.0631. The third-order valence-electron chi connectivity index (χ3n) is 4.63. The second kappa shape index (κ2) is 9.15. The van der Waals surface area contributed by atoms with Crippen molar-refractivity contribution in [3.05, 3.63) is 95.8 Å². The summed E-state index contributed by atoms with van der Waals surface area (Å²) >= 11 is 0. The Morgan fingerprint density at radius 2 is 1.54 bits per heavy atom. The van der Waals surface area contributed by atoms with Crippen molar-refractivity contribution < 1.29 is 13.9 Å². The molecule has 0 radical (unpaired) electrons. The summed E-state index contributed by atoms with van der Waals surface area (Å²) in [6.07, 6.45) is 0. The van der Waals surface area contributed by atoms with Crippen molar-refractivity contribution in [2.45, 2.75) is 6.04 Å². The number of likely N-dealkylation sites (N-methyl/N-ethyl adjacent to an activating group) is 1. The number of carbonyl (C=O) groups is 1. The van der Waals surface area contributed by atoms with Crippen molar-refractivity contribution in [3.8, 4) is 5.75 Å². The molecule has 0 bridgehead atoms. The van der Waals surface area contributed by atoms with Crippen LogP contribution in [0.5, 0.6) is 5.75 Å². The Hall–Kier alpha value is -3.18. The molecule has 1 atom stereocenters. The van der Waals surface area contributed by atoms with E-state index in [-0.39, 0.29) is 24.3 Å². The molecule has 144 valence electrons. The minimum Gasteiger partial charge on any atom is -0.497 e. The lowest BCUT2D eigenvalue weighted by atomic mass is 9.98. The molecule has 3 aromatic rings. The van der Waals surface area contributed by atoms with Crippen molar-refractivity contribution >= 4 is 11.6 Å². The average Bonchev–Trinajstić information content (AvgIpc) is 2.75. The first kappa shape index (κ1) is 19.6. The lowest BCUT2D eigenvalue weighted by Gasteiger charge is -2.23. The number of carbonyl (C=O) groups excluding carboxylic acids is 1. The zero-order chi connectivity index (χ0) is 19.9. The second-order valence-electron chi connectivity index (χ2n) is 6.43. The van der Waals surface area contributed by atoms with E-state index >= 15 is 0 Å². The maximum atomic E-state index is 13.4. The summed E-state index contributed by atoms with van der Waals surface area (Å²) in [4.78, 5) is 14.3. The van der Waals surface area contributed by atoms with E-state index in [0.717, 1.165) is 22.6 Å². The summed E-state index contributed by atoms with van der Waals surface area (Å²) in [7, 11) is 3.36. The number of rotatable bonds is 7. The van der Waals surface area contributed by atoms with E-state index < -0.39 is 0 Å². The van der Waals surface area contributed by atoms with Gasteiger partial charge in [0.15, 0.2) is 0 Å². The van der Waals surface area contributed by atoms with Gasteiger partial charge in [0, 0.05) is 12.7 Å². The third-order valence-corrected chi connectivity index (χ3v) is 4.63. The van der Waals surface area contributed by atoms with Crippen LogP contribution < -0.4 is 15.0 Å². The van der Waals surface area contributed by atoms with Crippen LogP contribution in [0.3, 0.4) is 0 Å². The molecular weight excluding hydrogens is 355 g/mol. The summed E-state index contributed by atoms with van der Waals surface area (Å²) in [5.41, 5.74) is 2.67. The number of halogens is 1. The Bertz CT molecular complexity index is 896. The Balaban J connectivity index is 1.78. The van der Waals surface area contributed by atoms with Gasteiger partial charge in [-0.05, 0) is 47.5 Å². The van der Waals surface area contributed by atoms with Crippen LogP contribution in [0.25, 0.3) is 0 Å². The fourth-order valence-corrected chi connectivity index (χ4v) is 2.98. The first-order valence-corrected chi connectivity index (χ1v) is 9.03. The lowest BCUT2D eigenvalue weighted by molar-refractivity contribution is -0.117. The van der Waals surface area contributed by atoms with Crippen molar-refractivity contribution in [3.63, 3.8) is 0 Å². The highest BCUT2D eigenvalue weighted by Gasteiger charge is 2.17. The molecule has 0 fully saturated rings. The van der Waals surface area contributed by atoms with Crippen LogP contribution in [-0.2, 0) is 4.79 Å². The molecule has 1 N–H and O–H groups in total. The van der Waals surface area contributed by atoms with Gasteiger partial charge in [-0.3, -0.25) is 10.1 Å². The minimum atomic E-state index is -0.294. The van der Waals surface area contributed by atoms with E-state index in [1.54, 1.807) is 31.2 Å². The highest BCUT2D eigenvalue weighted by atomic mass is 19.1. The Labute approximate surface area is 164 Å². The summed E-state index contributed by atoms with van der Waals surface area (Å²) in [5, 5.41) is 3.31. The molecular formula is C23H23FN2O2. The van der Waals surface area contributed by atoms with Gasteiger partial charge in [0.25, 0.3) is 0 Å². The molecule has 3 rings (SSSR count). The summed E-state index contributed by atoms with van der Waals surface area (Å²) in [6, 6.07) is 23.1. The van der Waals surface area contributed by atoms with Gasteiger partial charge >= 0.3 is 0 Å². The van der Waals surface area contributed by atoms with Crippen LogP contribution >= 0.6 is 0 Å². The number of amides is 1. The summed E-state index contributed by atoms with van der Waals surface area (Å²) in [5.74, 6) is 0.394. The molecule has 1 amide bonds. The molecule has 0 spiro atoms. The van der Waals surface area contributed by atoms with Gasteiger partial charge in [-0.15, -0.1) is 0 Å². The van der Waals surface area contributed by atoms with E-state index in [1.807, 2.05) is 54.6 Å². The van der Waals surface area contributed by atoms with Gasteiger partial charge in [-0.1, -0.05) is 42.5 Å². The molecule has 0 aromatic heterocycles. The second-order valence-corrected chi connectivity index (χ2v) is 6.43. The third kappa shape index (κ3) is 4.75. The Morgan fingerprint density at radius 3 is 2.11 bits per heavy atom. The molecule has 0 heterocycles. The fourth-order valence-electron chi connectivity index (χ4n) is 2.98. The van der Waals surface area contributed by atoms with E-state index in [9.17, 15) is 9.18 Å². The van der Waals surface area contributed by atoms with Crippen LogP contribution in [0.1, 0.15) is 17.2 Å². The van der Waals surface area contributed by atoms with Crippen LogP contribution in [0.4, 0.5) is 10.1 Å². The molecule has 0 saturated carbocycles. The monoisotopic (exact) mass is 378 g/mol. The molecule has 3 aromatic carbocycles. The normalized spacial score (nSPS) is 11.7. The van der Waals surface area contributed by atoms with E-state index in [1.165, 1.54) is 12.1 Å². The zero-order valence-electron chi connectivity index (χ0n) is 15.9. The van der Waals surface area contributed by atoms with Gasteiger partial charge in [0.1, 0.15) is 11.6 Å². The predicted octanol–water partition coefficient (Wildman–Crippen LogP) is 4.18. The van der Waals surface area contributed by atoms with Gasteiger partial charge in [0.2, 0.25) is 5.91 Å².